The summed E-state index contributed by atoms with van der Waals surface area (Å²) in [4.78, 5) is 2.45. The van der Waals surface area contributed by atoms with Gasteiger partial charge in [0, 0.05) is 28.1 Å². The molecule has 0 radical (unpaired) electrons. The van der Waals surface area contributed by atoms with Crippen molar-refractivity contribution in [3.05, 3.63) is 259 Å². The van der Waals surface area contributed by atoms with Gasteiger partial charge in [-0.05, 0) is 115 Å². The van der Waals surface area contributed by atoms with Crippen LogP contribution in [-0.4, -0.2) is 0 Å². The van der Waals surface area contributed by atoms with Gasteiger partial charge in [-0.25, -0.2) is 0 Å². The van der Waals surface area contributed by atoms with Gasteiger partial charge in [-0.2, -0.15) is 0 Å². The Labute approximate surface area is 367 Å². The highest BCUT2D eigenvalue weighted by Crippen LogP contribution is 2.62. The molecule has 0 bridgehead atoms. The molecular formula is C61H39NO. The van der Waals surface area contributed by atoms with Crippen molar-refractivity contribution in [3.63, 3.8) is 0 Å². The lowest BCUT2D eigenvalue weighted by Gasteiger charge is -2.35. The van der Waals surface area contributed by atoms with E-state index in [-0.39, 0.29) is 0 Å². The van der Waals surface area contributed by atoms with Gasteiger partial charge in [-0.15, -0.1) is 0 Å². The number of benzene rings is 10. The molecule has 13 rings (SSSR count). The van der Waals surface area contributed by atoms with E-state index < -0.39 is 5.41 Å². The van der Waals surface area contributed by atoms with Gasteiger partial charge in [0.05, 0.1) is 11.1 Å². The molecule has 3 aliphatic rings. The topological polar surface area (TPSA) is 12.5 Å². The standard InChI is InChI=1S/C61H39NO/c1-2-18-40(19-3-1)43-20-11-16-32-58(43)62(42-35-37-60-53(39-42)47-24-7-6-23-46(47)51-28-12-17-33-59(51)63-60)41-34-36-57-52(38-41)50-27-10-15-31-56(50)61(57)54-29-13-8-25-48(54)44-21-4-5-22-45(44)49-26-9-14-30-55(49)61/h1-39H. The summed E-state index contributed by atoms with van der Waals surface area (Å²) < 4.78 is 6.76. The summed E-state index contributed by atoms with van der Waals surface area (Å²) in [5.74, 6) is 1.70. The smallest absolute Gasteiger partial charge is 0.135 e. The normalized spacial score (nSPS) is 13.0. The minimum Gasteiger partial charge on any atom is -0.456 e. The van der Waals surface area contributed by atoms with Crippen molar-refractivity contribution in [3.8, 4) is 78.3 Å². The Bertz CT molecular complexity index is 3390. The molecule has 2 heteroatoms. The Morgan fingerprint density at radius 3 is 1.29 bits per heavy atom. The van der Waals surface area contributed by atoms with Crippen LogP contribution in [0.1, 0.15) is 22.3 Å². The fraction of sp³-hybridized carbons (Fsp3) is 0.0164. The molecule has 2 aliphatic carbocycles. The molecule has 1 aliphatic heterocycles. The highest BCUT2D eigenvalue weighted by atomic mass is 16.5. The molecule has 63 heavy (non-hydrogen) atoms. The minimum atomic E-state index is -0.552. The third-order valence-electron chi connectivity index (χ3n) is 13.5. The molecule has 0 unspecified atom stereocenters. The van der Waals surface area contributed by atoms with Crippen LogP contribution in [0.4, 0.5) is 17.1 Å². The Balaban J connectivity index is 1.08. The highest BCUT2D eigenvalue weighted by molar-refractivity contribution is 6.00. The summed E-state index contributed by atoms with van der Waals surface area (Å²) in [6, 6.07) is 86.7. The number of rotatable bonds is 4. The molecule has 1 spiro atoms. The van der Waals surface area contributed by atoms with Crippen LogP contribution >= 0.6 is 0 Å². The van der Waals surface area contributed by atoms with Crippen molar-refractivity contribution in [2.45, 2.75) is 5.41 Å². The number of ether oxygens (including phenoxy) is 1. The first kappa shape index (κ1) is 35.5. The molecule has 0 aromatic heterocycles. The quantitative estimate of drug-likeness (QED) is 0.176. The highest BCUT2D eigenvalue weighted by Gasteiger charge is 2.49. The van der Waals surface area contributed by atoms with Gasteiger partial charge in [-0.1, -0.05) is 194 Å². The van der Waals surface area contributed by atoms with E-state index >= 15 is 0 Å². The Kier molecular flexibility index (Phi) is 7.85. The average Bonchev–Trinajstić information content (AvgIpc) is 3.49. The fourth-order valence-electron chi connectivity index (χ4n) is 10.9. The van der Waals surface area contributed by atoms with E-state index in [0.29, 0.717) is 0 Å². The molecule has 0 amide bonds. The van der Waals surface area contributed by atoms with Crippen molar-refractivity contribution < 1.29 is 4.74 Å². The molecule has 0 saturated heterocycles. The SMILES string of the molecule is c1ccc(-c2ccccc2N(c2ccc3c(c2)-c2ccccc2-c2ccccc2O3)c2ccc3c(c2)-c2ccccc2C32c3ccccc3-c3ccccc3-c3ccccc32)cc1. The maximum absolute atomic E-state index is 6.76. The van der Waals surface area contributed by atoms with Crippen molar-refractivity contribution in [1.29, 1.82) is 0 Å². The van der Waals surface area contributed by atoms with Gasteiger partial charge < -0.3 is 9.64 Å². The van der Waals surface area contributed by atoms with Gasteiger partial charge in [0.25, 0.3) is 0 Å². The van der Waals surface area contributed by atoms with Crippen LogP contribution in [0.2, 0.25) is 0 Å². The van der Waals surface area contributed by atoms with Crippen LogP contribution < -0.4 is 9.64 Å². The number of hydrogen-bond acceptors (Lipinski definition) is 2. The molecular weight excluding hydrogens is 763 g/mol. The first-order valence-electron chi connectivity index (χ1n) is 21.8. The second-order valence-electron chi connectivity index (χ2n) is 16.7. The van der Waals surface area contributed by atoms with Crippen LogP contribution in [0.25, 0.3) is 66.8 Å². The molecule has 294 valence electrons. The lowest BCUT2D eigenvalue weighted by molar-refractivity contribution is 0.488. The van der Waals surface area contributed by atoms with E-state index in [0.717, 1.165) is 61.9 Å². The minimum absolute atomic E-state index is 0.552. The molecule has 0 fully saturated rings. The monoisotopic (exact) mass is 801 g/mol. The van der Waals surface area contributed by atoms with Gasteiger partial charge in [0.2, 0.25) is 0 Å². The van der Waals surface area contributed by atoms with E-state index in [9.17, 15) is 0 Å². The van der Waals surface area contributed by atoms with Crippen LogP contribution in [0.15, 0.2) is 237 Å². The summed E-state index contributed by atoms with van der Waals surface area (Å²) in [6.45, 7) is 0. The molecule has 0 saturated carbocycles. The van der Waals surface area contributed by atoms with E-state index in [1.54, 1.807) is 0 Å². The summed E-state index contributed by atoms with van der Waals surface area (Å²) in [7, 11) is 0. The maximum Gasteiger partial charge on any atom is 0.135 e. The molecule has 2 nitrogen and oxygen atoms in total. The Morgan fingerprint density at radius 1 is 0.270 bits per heavy atom. The zero-order chi connectivity index (χ0) is 41.5. The first-order valence-corrected chi connectivity index (χ1v) is 21.8. The third kappa shape index (κ3) is 5.19. The summed E-state index contributed by atoms with van der Waals surface area (Å²) in [5, 5.41) is 0. The Hall–Kier alpha value is -8.20. The van der Waals surface area contributed by atoms with Gasteiger partial charge in [-0.3, -0.25) is 0 Å². The lowest BCUT2D eigenvalue weighted by atomic mass is 9.66. The van der Waals surface area contributed by atoms with E-state index in [4.69, 9.17) is 4.74 Å². The fourth-order valence-corrected chi connectivity index (χ4v) is 10.9. The summed E-state index contributed by atoms with van der Waals surface area (Å²) in [5.41, 5.74) is 22.2. The second kappa shape index (κ2) is 13.9. The Morgan fingerprint density at radius 2 is 0.667 bits per heavy atom. The van der Waals surface area contributed by atoms with Crippen LogP contribution in [0, 0.1) is 0 Å². The molecule has 10 aromatic rings. The van der Waals surface area contributed by atoms with Gasteiger partial charge in [0.1, 0.15) is 11.5 Å². The predicted octanol–water partition coefficient (Wildman–Crippen LogP) is 16.3. The van der Waals surface area contributed by atoms with Crippen LogP contribution in [0.5, 0.6) is 11.5 Å². The molecule has 1 heterocycles. The molecule has 10 aromatic carbocycles. The first-order chi connectivity index (χ1) is 31.3. The second-order valence-corrected chi connectivity index (χ2v) is 16.7. The van der Waals surface area contributed by atoms with Crippen LogP contribution in [-0.2, 0) is 5.41 Å². The van der Waals surface area contributed by atoms with E-state index in [1.807, 2.05) is 6.07 Å². The van der Waals surface area contributed by atoms with E-state index in [2.05, 4.69) is 235 Å². The van der Waals surface area contributed by atoms with Gasteiger partial charge in [0.15, 0.2) is 0 Å². The number of para-hydroxylation sites is 2. The van der Waals surface area contributed by atoms with Gasteiger partial charge >= 0.3 is 0 Å². The molecule has 0 atom stereocenters. The number of anilines is 3. The van der Waals surface area contributed by atoms with Crippen molar-refractivity contribution in [2.75, 3.05) is 4.90 Å². The zero-order valence-electron chi connectivity index (χ0n) is 34.4. The maximum atomic E-state index is 6.76. The van der Waals surface area contributed by atoms with Crippen molar-refractivity contribution >= 4 is 17.1 Å². The average molecular weight is 802 g/mol. The predicted molar refractivity (Wildman–Crippen MR) is 259 cm³/mol. The number of fused-ring (bicyclic) bond motifs is 17. The summed E-state index contributed by atoms with van der Waals surface area (Å²) >= 11 is 0. The van der Waals surface area contributed by atoms with E-state index in [1.165, 1.54) is 55.6 Å². The third-order valence-corrected chi connectivity index (χ3v) is 13.5. The number of nitrogens with zero attached hydrogens (tertiary/aromatic N) is 1. The summed E-state index contributed by atoms with van der Waals surface area (Å²) in [6.07, 6.45) is 0. The largest absolute Gasteiger partial charge is 0.456 e. The van der Waals surface area contributed by atoms with Crippen LogP contribution in [0.3, 0.4) is 0 Å². The van der Waals surface area contributed by atoms with Crippen molar-refractivity contribution in [1.82, 2.24) is 0 Å². The molecule has 0 N–H and O–H groups in total. The van der Waals surface area contributed by atoms with Crippen molar-refractivity contribution in [2.24, 2.45) is 0 Å². The zero-order valence-corrected chi connectivity index (χ0v) is 34.4. The number of hydrogen-bond donors (Lipinski definition) is 0. The lowest BCUT2D eigenvalue weighted by Crippen LogP contribution is -2.29.